The second-order valence-electron chi connectivity index (χ2n) is 4.56. The first-order valence-electron chi connectivity index (χ1n) is 5.48. The van der Waals surface area contributed by atoms with Gasteiger partial charge in [0.2, 0.25) is 0 Å². The molecule has 0 radical (unpaired) electrons. The lowest BCUT2D eigenvalue weighted by Crippen LogP contribution is -2.37. The molecular weight excluding hydrogens is 270 g/mol. The third kappa shape index (κ3) is 2.81. The van der Waals surface area contributed by atoms with E-state index >= 15 is 0 Å². The van der Waals surface area contributed by atoms with Crippen molar-refractivity contribution < 1.29 is 9.84 Å². The first-order valence-corrected chi connectivity index (χ1v) is 6.28. The van der Waals surface area contributed by atoms with Crippen LogP contribution in [0.2, 0.25) is 0 Å². The maximum atomic E-state index is 10.4. The summed E-state index contributed by atoms with van der Waals surface area (Å²) in [6.07, 6.45) is 3.27. The molecule has 1 aromatic heterocycles. The number of hydrogen-bond acceptors (Lipinski definition) is 3. The zero-order valence-corrected chi connectivity index (χ0v) is 10.9. The van der Waals surface area contributed by atoms with Crippen molar-refractivity contribution in [3.05, 3.63) is 28.5 Å². The number of hydrogen-bond donors (Lipinski definition) is 1. The van der Waals surface area contributed by atoms with Crippen molar-refractivity contribution in [2.75, 3.05) is 13.2 Å². The van der Waals surface area contributed by atoms with E-state index in [1.807, 2.05) is 19.1 Å². The van der Waals surface area contributed by atoms with Gasteiger partial charge < -0.3 is 9.84 Å². The molecule has 1 fully saturated rings. The fourth-order valence-corrected chi connectivity index (χ4v) is 2.28. The largest absolute Gasteiger partial charge is 0.389 e. The Hall–Kier alpha value is -0.450. The highest BCUT2D eigenvalue weighted by Crippen LogP contribution is 2.28. The van der Waals surface area contributed by atoms with Gasteiger partial charge in [0.25, 0.3) is 0 Å². The Bertz CT molecular complexity index is 345. The van der Waals surface area contributed by atoms with Gasteiger partial charge >= 0.3 is 0 Å². The highest BCUT2D eigenvalue weighted by molar-refractivity contribution is 9.10. The molecule has 2 heterocycles. The Morgan fingerprint density at radius 3 is 3.00 bits per heavy atom. The summed E-state index contributed by atoms with van der Waals surface area (Å²) in [7, 11) is 0. The summed E-state index contributed by atoms with van der Waals surface area (Å²) in [5.74, 6) is 0.220. The lowest BCUT2D eigenvalue weighted by Gasteiger charge is -2.28. The van der Waals surface area contributed by atoms with Crippen LogP contribution in [0.4, 0.5) is 0 Å². The summed E-state index contributed by atoms with van der Waals surface area (Å²) in [4.78, 5) is 4.29. The minimum atomic E-state index is -0.725. The van der Waals surface area contributed by atoms with E-state index in [1.54, 1.807) is 6.20 Å². The molecule has 0 spiro atoms. The molecule has 0 bridgehead atoms. The fourth-order valence-electron chi connectivity index (χ4n) is 2.05. The smallest absolute Gasteiger partial charge is 0.0725 e. The zero-order chi connectivity index (χ0) is 11.6. The van der Waals surface area contributed by atoms with Crippen LogP contribution >= 0.6 is 15.9 Å². The van der Waals surface area contributed by atoms with Crippen molar-refractivity contribution in [3.8, 4) is 0 Å². The van der Waals surface area contributed by atoms with Crippen LogP contribution in [0.5, 0.6) is 0 Å². The van der Waals surface area contributed by atoms with Crippen molar-refractivity contribution in [2.45, 2.75) is 25.4 Å². The molecule has 0 aliphatic carbocycles. The van der Waals surface area contributed by atoms with E-state index in [0.717, 1.165) is 23.2 Å². The SMILES string of the molecule is CC(O)(Cc1ccc(Br)cn1)C1CCOC1. The van der Waals surface area contributed by atoms with E-state index in [1.165, 1.54) is 0 Å². The molecule has 1 aliphatic rings. The third-order valence-electron chi connectivity index (χ3n) is 3.14. The van der Waals surface area contributed by atoms with Crippen LogP contribution in [0.1, 0.15) is 19.0 Å². The van der Waals surface area contributed by atoms with Gasteiger partial charge in [0, 0.05) is 35.3 Å². The van der Waals surface area contributed by atoms with Crippen LogP contribution in [0.25, 0.3) is 0 Å². The lowest BCUT2D eigenvalue weighted by molar-refractivity contribution is -0.00530. The average Bonchev–Trinajstić information content (AvgIpc) is 2.75. The Balaban J connectivity index is 2.04. The van der Waals surface area contributed by atoms with Crippen molar-refractivity contribution in [1.29, 1.82) is 0 Å². The second-order valence-corrected chi connectivity index (χ2v) is 5.48. The summed E-state index contributed by atoms with van der Waals surface area (Å²) in [5, 5.41) is 10.4. The molecule has 2 atom stereocenters. The van der Waals surface area contributed by atoms with Gasteiger partial charge in [-0.15, -0.1) is 0 Å². The molecule has 1 aliphatic heterocycles. The predicted octanol–water partition coefficient (Wildman–Crippen LogP) is 2.17. The van der Waals surface area contributed by atoms with E-state index < -0.39 is 5.60 Å². The molecule has 1 N–H and O–H groups in total. The number of nitrogens with zero attached hydrogens (tertiary/aromatic N) is 1. The normalized spacial score (nSPS) is 24.3. The van der Waals surface area contributed by atoms with Crippen molar-refractivity contribution in [2.24, 2.45) is 5.92 Å². The topological polar surface area (TPSA) is 42.4 Å². The standard InChI is InChI=1S/C12H16BrNO2/c1-12(15,9-4-5-16-8-9)6-11-3-2-10(13)7-14-11/h2-3,7,9,15H,4-6,8H2,1H3. The average molecular weight is 286 g/mol. The first kappa shape index (κ1) is 12.0. The summed E-state index contributed by atoms with van der Waals surface area (Å²) in [6, 6.07) is 3.89. The van der Waals surface area contributed by atoms with E-state index in [2.05, 4.69) is 20.9 Å². The number of rotatable bonds is 3. The monoisotopic (exact) mass is 285 g/mol. The van der Waals surface area contributed by atoms with E-state index in [-0.39, 0.29) is 5.92 Å². The Kier molecular flexibility index (Phi) is 3.62. The van der Waals surface area contributed by atoms with Gasteiger partial charge in [0.1, 0.15) is 0 Å². The summed E-state index contributed by atoms with van der Waals surface area (Å²) >= 11 is 3.35. The molecule has 3 nitrogen and oxygen atoms in total. The van der Waals surface area contributed by atoms with Crippen LogP contribution in [-0.4, -0.2) is 28.9 Å². The van der Waals surface area contributed by atoms with Crippen LogP contribution in [0.15, 0.2) is 22.8 Å². The van der Waals surface area contributed by atoms with Gasteiger partial charge in [-0.3, -0.25) is 4.98 Å². The first-order chi connectivity index (χ1) is 7.58. The summed E-state index contributed by atoms with van der Waals surface area (Å²) < 4.78 is 6.27. The van der Waals surface area contributed by atoms with Gasteiger partial charge in [-0.1, -0.05) is 0 Å². The molecule has 2 unspecified atom stereocenters. The van der Waals surface area contributed by atoms with Crippen molar-refractivity contribution >= 4 is 15.9 Å². The number of pyridine rings is 1. The maximum Gasteiger partial charge on any atom is 0.0725 e. The van der Waals surface area contributed by atoms with Crippen LogP contribution in [0, 0.1) is 5.92 Å². The minimum absolute atomic E-state index is 0.220. The highest BCUT2D eigenvalue weighted by atomic mass is 79.9. The molecule has 1 aromatic rings. The molecule has 4 heteroatoms. The third-order valence-corrected chi connectivity index (χ3v) is 3.61. The maximum absolute atomic E-state index is 10.4. The van der Waals surface area contributed by atoms with Crippen LogP contribution in [-0.2, 0) is 11.2 Å². The van der Waals surface area contributed by atoms with E-state index in [0.29, 0.717) is 13.0 Å². The molecule has 0 saturated carbocycles. The van der Waals surface area contributed by atoms with Gasteiger partial charge in [0.15, 0.2) is 0 Å². The fraction of sp³-hybridized carbons (Fsp3) is 0.583. The molecule has 0 aromatic carbocycles. The Labute approximate surface area is 104 Å². The van der Waals surface area contributed by atoms with Gasteiger partial charge in [-0.2, -0.15) is 0 Å². The Morgan fingerprint density at radius 1 is 1.62 bits per heavy atom. The minimum Gasteiger partial charge on any atom is -0.389 e. The van der Waals surface area contributed by atoms with E-state index in [9.17, 15) is 5.11 Å². The van der Waals surface area contributed by atoms with Crippen molar-refractivity contribution in [3.63, 3.8) is 0 Å². The molecule has 88 valence electrons. The number of halogens is 1. The van der Waals surface area contributed by atoms with Gasteiger partial charge in [-0.05, 0) is 41.4 Å². The molecule has 0 amide bonds. The van der Waals surface area contributed by atoms with Crippen molar-refractivity contribution in [1.82, 2.24) is 4.98 Å². The van der Waals surface area contributed by atoms with Crippen LogP contribution in [0.3, 0.4) is 0 Å². The highest BCUT2D eigenvalue weighted by Gasteiger charge is 2.35. The predicted molar refractivity (Wildman–Crippen MR) is 65.2 cm³/mol. The lowest BCUT2D eigenvalue weighted by atomic mass is 9.84. The quantitative estimate of drug-likeness (QED) is 0.926. The molecular formula is C12H16BrNO2. The summed E-state index contributed by atoms with van der Waals surface area (Å²) in [6.45, 7) is 3.29. The van der Waals surface area contributed by atoms with Gasteiger partial charge in [-0.25, -0.2) is 0 Å². The number of aliphatic hydroxyl groups is 1. The molecule has 2 rings (SSSR count). The zero-order valence-electron chi connectivity index (χ0n) is 9.32. The number of ether oxygens (including phenoxy) is 1. The van der Waals surface area contributed by atoms with Gasteiger partial charge in [0.05, 0.1) is 12.2 Å². The molecule has 1 saturated heterocycles. The second kappa shape index (κ2) is 4.82. The number of aromatic nitrogens is 1. The van der Waals surface area contributed by atoms with E-state index in [4.69, 9.17) is 4.74 Å². The Morgan fingerprint density at radius 2 is 2.44 bits per heavy atom. The van der Waals surface area contributed by atoms with Crippen LogP contribution < -0.4 is 0 Å². The molecule has 16 heavy (non-hydrogen) atoms. The summed E-state index contributed by atoms with van der Waals surface area (Å²) in [5.41, 5.74) is 0.192.